The summed E-state index contributed by atoms with van der Waals surface area (Å²) in [4.78, 5) is 2.46. The molecule has 19 heavy (non-hydrogen) atoms. The Morgan fingerprint density at radius 1 is 1.21 bits per heavy atom. The van der Waals surface area contributed by atoms with Crippen molar-refractivity contribution in [1.29, 1.82) is 0 Å². The van der Waals surface area contributed by atoms with Gasteiger partial charge in [-0.05, 0) is 43.7 Å². The van der Waals surface area contributed by atoms with Crippen LogP contribution in [0.1, 0.15) is 28.3 Å². The maximum Gasteiger partial charge on any atom is 0.107 e. The van der Waals surface area contributed by atoms with Crippen molar-refractivity contribution in [3.63, 3.8) is 0 Å². The lowest BCUT2D eigenvalue weighted by Gasteiger charge is -2.20. The molecule has 0 amide bonds. The van der Waals surface area contributed by atoms with Gasteiger partial charge in [0.1, 0.15) is 6.10 Å². The van der Waals surface area contributed by atoms with Gasteiger partial charge in [-0.3, -0.25) is 0 Å². The minimum Gasteiger partial charge on any atom is -0.366 e. The van der Waals surface area contributed by atoms with E-state index >= 15 is 0 Å². The molecule has 0 aliphatic heterocycles. The first-order chi connectivity index (χ1) is 9.06. The van der Waals surface area contributed by atoms with Crippen LogP contribution in [-0.2, 0) is 11.3 Å². The maximum absolute atomic E-state index is 6.03. The predicted octanol–water partition coefficient (Wildman–Crippen LogP) is 4.32. The van der Waals surface area contributed by atoms with Crippen molar-refractivity contribution in [1.82, 2.24) is 0 Å². The molecular formula is C15H18ClNOS. The molecule has 0 bridgehead atoms. The van der Waals surface area contributed by atoms with Crippen molar-refractivity contribution < 1.29 is 4.74 Å². The van der Waals surface area contributed by atoms with Crippen LogP contribution in [0.3, 0.4) is 0 Å². The standard InChI is InChI=1S/C15H18ClNOS/c1-10-3-8-14(19-10)15(11(2)17)18-9-12-4-6-13(16)7-5-12/h3-8,11,15H,9,17H2,1-2H3. The van der Waals surface area contributed by atoms with E-state index in [-0.39, 0.29) is 12.1 Å². The number of thiophene rings is 1. The van der Waals surface area contributed by atoms with Gasteiger partial charge in [-0.15, -0.1) is 11.3 Å². The van der Waals surface area contributed by atoms with Gasteiger partial charge in [0, 0.05) is 20.8 Å². The highest BCUT2D eigenvalue weighted by molar-refractivity contribution is 7.12. The zero-order valence-corrected chi connectivity index (χ0v) is 12.7. The van der Waals surface area contributed by atoms with Crippen molar-refractivity contribution in [2.75, 3.05) is 0 Å². The molecule has 0 aliphatic rings. The van der Waals surface area contributed by atoms with Crippen LogP contribution in [0.4, 0.5) is 0 Å². The van der Waals surface area contributed by atoms with Gasteiger partial charge in [-0.1, -0.05) is 23.7 Å². The van der Waals surface area contributed by atoms with Crippen LogP contribution in [0.25, 0.3) is 0 Å². The molecule has 0 fully saturated rings. The Hall–Kier alpha value is -0.870. The summed E-state index contributed by atoms with van der Waals surface area (Å²) in [5, 5.41) is 0.737. The Morgan fingerprint density at radius 2 is 1.89 bits per heavy atom. The molecule has 1 aromatic carbocycles. The van der Waals surface area contributed by atoms with Crippen LogP contribution in [-0.4, -0.2) is 6.04 Å². The normalized spacial score (nSPS) is 14.3. The fourth-order valence-corrected chi connectivity index (χ4v) is 3.03. The highest BCUT2D eigenvalue weighted by atomic mass is 35.5. The Bertz CT molecular complexity index is 521. The summed E-state index contributed by atoms with van der Waals surface area (Å²) in [6.07, 6.45) is -0.0608. The predicted molar refractivity (Wildman–Crippen MR) is 81.7 cm³/mol. The number of hydrogen-bond acceptors (Lipinski definition) is 3. The first-order valence-corrected chi connectivity index (χ1v) is 7.43. The minimum atomic E-state index is -0.0608. The third-order valence-corrected chi connectivity index (χ3v) is 4.18. The molecule has 2 nitrogen and oxygen atoms in total. The van der Waals surface area contributed by atoms with Gasteiger partial charge >= 0.3 is 0 Å². The van der Waals surface area contributed by atoms with Crippen molar-refractivity contribution in [3.8, 4) is 0 Å². The van der Waals surface area contributed by atoms with Gasteiger partial charge in [0.15, 0.2) is 0 Å². The third kappa shape index (κ3) is 4.05. The molecule has 102 valence electrons. The van der Waals surface area contributed by atoms with Gasteiger partial charge in [-0.25, -0.2) is 0 Å². The molecule has 0 aliphatic carbocycles. The number of benzene rings is 1. The van der Waals surface area contributed by atoms with Crippen molar-refractivity contribution in [2.45, 2.75) is 32.6 Å². The van der Waals surface area contributed by atoms with E-state index in [1.165, 1.54) is 9.75 Å². The van der Waals surface area contributed by atoms with Crippen LogP contribution in [0, 0.1) is 6.92 Å². The number of rotatable bonds is 5. The Kier molecular flexibility index (Phi) is 4.99. The van der Waals surface area contributed by atoms with E-state index in [4.69, 9.17) is 22.1 Å². The monoisotopic (exact) mass is 295 g/mol. The molecule has 0 saturated carbocycles. The number of aryl methyl sites for hydroxylation is 1. The summed E-state index contributed by atoms with van der Waals surface area (Å²) in [6, 6.07) is 11.8. The summed E-state index contributed by atoms with van der Waals surface area (Å²) in [7, 11) is 0. The number of ether oxygens (including phenoxy) is 1. The number of halogens is 1. The Balaban J connectivity index is 2.03. The van der Waals surface area contributed by atoms with Gasteiger partial charge in [0.2, 0.25) is 0 Å². The molecule has 2 unspecified atom stereocenters. The van der Waals surface area contributed by atoms with Crippen LogP contribution >= 0.6 is 22.9 Å². The topological polar surface area (TPSA) is 35.2 Å². The van der Waals surface area contributed by atoms with Gasteiger partial charge in [0.25, 0.3) is 0 Å². The van der Waals surface area contributed by atoms with E-state index in [0.29, 0.717) is 6.61 Å². The molecule has 1 heterocycles. The van der Waals surface area contributed by atoms with E-state index < -0.39 is 0 Å². The molecule has 2 rings (SSSR count). The van der Waals surface area contributed by atoms with Gasteiger partial charge < -0.3 is 10.5 Å². The molecule has 2 aromatic rings. The van der Waals surface area contributed by atoms with Crippen molar-refractivity contribution in [3.05, 3.63) is 56.7 Å². The Labute approximate surface area is 123 Å². The molecular weight excluding hydrogens is 278 g/mol. The van der Waals surface area contributed by atoms with E-state index in [1.54, 1.807) is 11.3 Å². The average molecular weight is 296 g/mol. The molecule has 2 N–H and O–H groups in total. The average Bonchev–Trinajstić information content (AvgIpc) is 2.78. The molecule has 0 saturated heterocycles. The molecule has 0 spiro atoms. The fraction of sp³-hybridized carbons (Fsp3) is 0.333. The lowest BCUT2D eigenvalue weighted by molar-refractivity contribution is 0.0282. The fourth-order valence-electron chi connectivity index (χ4n) is 1.87. The Morgan fingerprint density at radius 3 is 2.42 bits per heavy atom. The molecule has 2 atom stereocenters. The van der Waals surface area contributed by atoms with Crippen molar-refractivity contribution >= 4 is 22.9 Å². The lowest BCUT2D eigenvalue weighted by atomic mass is 10.1. The van der Waals surface area contributed by atoms with Crippen LogP contribution in [0.2, 0.25) is 5.02 Å². The maximum atomic E-state index is 6.03. The lowest BCUT2D eigenvalue weighted by Crippen LogP contribution is -2.26. The van der Waals surface area contributed by atoms with Crippen LogP contribution < -0.4 is 5.73 Å². The van der Waals surface area contributed by atoms with Crippen LogP contribution in [0.15, 0.2) is 36.4 Å². The van der Waals surface area contributed by atoms with E-state index in [0.717, 1.165) is 10.6 Å². The van der Waals surface area contributed by atoms with Crippen molar-refractivity contribution in [2.24, 2.45) is 5.73 Å². The summed E-state index contributed by atoms with van der Waals surface area (Å²) < 4.78 is 5.97. The largest absolute Gasteiger partial charge is 0.366 e. The summed E-state index contributed by atoms with van der Waals surface area (Å²) in [5.41, 5.74) is 7.13. The first kappa shape index (κ1) is 14.5. The zero-order chi connectivity index (χ0) is 13.8. The van der Waals surface area contributed by atoms with Gasteiger partial charge in [0.05, 0.1) is 6.61 Å². The second-order valence-corrected chi connectivity index (χ2v) is 6.42. The highest BCUT2D eigenvalue weighted by Gasteiger charge is 2.18. The zero-order valence-electron chi connectivity index (χ0n) is 11.1. The highest BCUT2D eigenvalue weighted by Crippen LogP contribution is 2.28. The second-order valence-electron chi connectivity index (χ2n) is 4.67. The quantitative estimate of drug-likeness (QED) is 0.892. The first-order valence-electron chi connectivity index (χ1n) is 6.24. The van der Waals surface area contributed by atoms with Crippen LogP contribution in [0.5, 0.6) is 0 Å². The molecule has 0 radical (unpaired) electrons. The minimum absolute atomic E-state index is 0.0367. The summed E-state index contributed by atoms with van der Waals surface area (Å²) >= 11 is 7.60. The SMILES string of the molecule is Cc1ccc(C(OCc2ccc(Cl)cc2)C(C)N)s1. The summed E-state index contributed by atoms with van der Waals surface area (Å²) in [6.45, 7) is 4.60. The number of nitrogens with two attached hydrogens (primary N) is 1. The second kappa shape index (κ2) is 6.53. The summed E-state index contributed by atoms with van der Waals surface area (Å²) in [5.74, 6) is 0. The molecule has 4 heteroatoms. The molecule has 1 aromatic heterocycles. The van der Waals surface area contributed by atoms with E-state index in [2.05, 4.69) is 19.1 Å². The third-order valence-electron chi connectivity index (χ3n) is 2.86. The van der Waals surface area contributed by atoms with E-state index in [9.17, 15) is 0 Å². The van der Waals surface area contributed by atoms with E-state index in [1.807, 2.05) is 31.2 Å². The smallest absolute Gasteiger partial charge is 0.107 e. The number of hydrogen-bond donors (Lipinski definition) is 1. The van der Waals surface area contributed by atoms with Gasteiger partial charge in [-0.2, -0.15) is 0 Å².